The zero-order valence-electron chi connectivity index (χ0n) is 26.0. The number of carbonyl (C=O) groups is 3. The number of anilines is 2. The van der Waals surface area contributed by atoms with E-state index in [2.05, 4.69) is 10.6 Å². The summed E-state index contributed by atoms with van der Waals surface area (Å²) in [6.07, 6.45) is 2.42. The molecule has 3 aromatic rings. The standard InChI is InChI=1S/C34H37N3O10/c1-43-26-12-18(13-27(44-2)33(26)40)30-21-14-24-25(47-17-46-24)15-22(21)32(23-16-45-34(41)31(23)30)36-20-10-8-19(9-11-20)35-28(38)6-4-3-5-7-29(39)37-42/h8-15,23,30-32,36,40,42H,3-7,16-17H2,1-2H3,(H,35,38)(H,37,39)/t23-,30+,31-,32+/m0/s1. The molecule has 0 spiro atoms. The third-order valence-corrected chi connectivity index (χ3v) is 8.97. The minimum absolute atomic E-state index is 0.0881. The van der Waals surface area contributed by atoms with Gasteiger partial charge in [-0.3, -0.25) is 19.6 Å². The second-order valence-electron chi connectivity index (χ2n) is 11.7. The fraction of sp³-hybridized carbons (Fsp3) is 0.382. The smallest absolute Gasteiger partial charge is 0.310 e. The number of benzene rings is 3. The van der Waals surface area contributed by atoms with Gasteiger partial charge >= 0.3 is 5.97 Å². The lowest BCUT2D eigenvalue weighted by atomic mass is 9.65. The van der Waals surface area contributed by atoms with E-state index in [-0.39, 0.29) is 60.9 Å². The molecule has 13 nitrogen and oxygen atoms in total. The monoisotopic (exact) mass is 647 g/mol. The van der Waals surface area contributed by atoms with E-state index in [0.717, 1.165) is 22.4 Å². The molecular weight excluding hydrogens is 610 g/mol. The van der Waals surface area contributed by atoms with Crippen molar-refractivity contribution in [3.05, 3.63) is 65.2 Å². The molecule has 6 rings (SSSR count). The van der Waals surface area contributed by atoms with Crippen molar-refractivity contribution in [2.24, 2.45) is 11.8 Å². The Morgan fingerprint density at radius 2 is 1.47 bits per heavy atom. The van der Waals surface area contributed by atoms with Crippen molar-refractivity contribution in [2.45, 2.75) is 44.1 Å². The first-order chi connectivity index (χ1) is 22.8. The number of phenolic OH excluding ortho intramolecular Hbond substituents is 1. The molecule has 2 heterocycles. The molecule has 0 aromatic heterocycles. The summed E-state index contributed by atoms with van der Waals surface area (Å²) in [4.78, 5) is 37.0. The lowest BCUT2D eigenvalue weighted by Crippen LogP contribution is -2.37. The maximum absolute atomic E-state index is 13.4. The number of fused-ring (bicyclic) bond motifs is 3. The third kappa shape index (κ3) is 6.43. The van der Waals surface area contributed by atoms with Crippen molar-refractivity contribution in [1.82, 2.24) is 5.48 Å². The molecule has 0 saturated carbocycles. The summed E-state index contributed by atoms with van der Waals surface area (Å²) in [6.45, 7) is 0.293. The van der Waals surface area contributed by atoms with E-state index in [1.165, 1.54) is 14.2 Å². The summed E-state index contributed by atoms with van der Waals surface area (Å²) in [7, 11) is 2.92. The van der Waals surface area contributed by atoms with Crippen LogP contribution in [-0.2, 0) is 19.1 Å². The minimum Gasteiger partial charge on any atom is -0.502 e. The predicted molar refractivity (Wildman–Crippen MR) is 168 cm³/mol. The van der Waals surface area contributed by atoms with Crippen LogP contribution in [0, 0.1) is 11.8 Å². The molecule has 0 bridgehead atoms. The van der Waals surface area contributed by atoms with Crippen LogP contribution in [0.4, 0.5) is 11.4 Å². The Morgan fingerprint density at radius 1 is 0.851 bits per heavy atom. The van der Waals surface area contributed by atoms with Crippen LogP contribution in [0.25, 0.3) is 0 Å². The highest BCUT2D eigenvalue weighted by Crippen LogP contribution is 2.56. The van der Waals surface area contributed by atoms with Gasteiger partial charge in [0.2, 0.25) is 24.4 Å². The zero-order chi connectivity index (χ0) is 33.1. The Bertz CT molecular complexity index is 1640. The Hall–Kier alpha value is -5.17. The van der Waals surface area contributed by atoms with Crippen molar-refractivity contribution in [1.29, 1.82) is 0 Å². The molecule has 3 aliphatic rings. The van der Waals surface area contributed by atoms with Gasteiger partial charge in [0, 0.05) is 36.1 Å². The minimum atomic E-state index is -0.559. The van der Waals surface area contributed by atoms with Crippen molar-refractivity contribution < 1.29 is 48.4 Å². The summed E-state index contributed by atoms with van der Waals surface area (Å²) < 4.78 is 28.1. The van der Waals surface area contributed by atoms with Gasteiger partial charge in [0.25, 0.3) is 0 Å². The van der Waals surface area contributed by atoms with Gasteiger partial charge < -0.3 is 39.4 Å². The molecule has 1 aliphatic carbocycles. The van der Waals surface area contributed by atoms with Crippen molar-refractivity contribution in [2.75, 3.05) is 38.3 Å². The predicted octanol–water partition coefficient (Wildman–Crippen LogP) is 4.62. The number of rotatable bonds is 12. The molecule has 5 N–H and O–H groups in total. The second kappa shape index (κ2) is 13.7. The molecule has 47 heavy (non-hydrogen) atoms. The Labute approximate surface area is 271 Å². The molecular formula is C34H37N3O10. The number of ether oxygens (including phenoxy) is 5. The molecule has 1 saturated heterocycles. The van der Waals surface area contributed by atoms with Crippen LogP contribution in [0.5, 0.6) is 28.7 Å². The third-order valence-electron chi connectivity index (χ3n) is 8.97. The molecule has 248 valence electrons. The van der Waals surface area contributed by atoms with Crippen LogP contribution in [0.1, 0.15) is 60.8 Å². The van der Waals surface area contributed by atoms with E-state index < -0.39 is 17.7 Å². The summed E-state index contributed by atoms with van der Waals surface area (Å²) in [6, 6.07) is 14.3. The van der Waals surface area contributed by atoms with Gasteiger partial charge in [-0.05, 0) is 78.1 Å². The number of carbonyl (C=O) groups excluding carboxylic acids is 3. The number of phenols is 1. The van der Waals surface area contributed by atoms with E-state index in [1.807, 2.05) is 24.3 Å². The number of nitrogens with one attached hydrogen (secondary N) is 3. The molecule has 4 atom stereocenters. The number of amides is 2. The quantitative estimate of drug-likeness (QED) is 0.0803. The van der Waals surface area contributed by atoms with Crippen molar-refractivity contribution >= 4 is 29.2 Å². The number of cyclic esters (lactones) is 1. The van der Waals surface area contributed by atoms with E-state index >= 15 is 0 Å². The number of aromatic hydroxyl groups is 1. The first kappa shape index (κ1) is 31.8. The fourth-order valence-corrected chi connectivity index (χ4v) is 6.70. The van der Waals surface area contributed by atoms with Crippen LogP contribution in [0.3, 0.4) is 0 Å². The number of methoxy groups -OCH3 is 2. The topological polar surface area (TPSA) is 174 Å². The molecule has 1 fully saturated rings. The van der Waals surface area contributed by atoms with Crippen molar-refractivity contribution in [3.63, 3.8) is 0 Å². The molecule has 2 aliphatic heterocycles. The zero-order valence-corrected chi connectivity index (χ0v) is 26.0. The second-order valence-corrected chi connectivity index (χ2v) is 11.7. The first-order valence-corrected chi connectivity index (χ1v) is 15.5. The highest BCUT2D eigenvalue weighted by atomic mass is 16.7. The van der Waals surface area contributed by atoms with E-state index in [9.17, 15) is 19.5 Å². The van der Waals surface area contributed by atoms with Gasteiger partial charge in [0.15, 0.2) is 23.0 Å². The SMILES string of the molecule is COc1cc([C@@H]2c3cc4c(cc3[C@@H](Nc3ccc(NC(=O)CCCCCC(=O)NO)cc3)[C@H]3COC(=O)[C@H]23)OCO4)cc(OC)c1O. The van der Waals surface area contributed by atoms with Gasteiger partial charge in [-0.2, -0.15) is 0 Å². The first-order valence-electron chi connectivity index (χ1n) is 15.5. The van der Waals surface area contributed by atoms with Crippen LogP contribution in [0.15, 0.2) is 48.5 Å². The number of hydrogen-bond acceptors (Lipinski definition) is 11. The largest absolute Gasteiger partial charge is 0.502 e. The van der Waals surface area contributed by atoms with Gasteiger partial charge in [-0.15, -0.1) is 0 Å². The van der Waals surface area contributed by atoms with Crippen LogP contribution in [-0.4, -0.2) is 55.7 Å². The molecule has 2 amide bonds. The van der Waals surface area contributed by atoms with Crippen molar-refractivity contribution in [3.8, 4) is 28.7 Å². The highest BCUT2D eigenvalue weighted by molar-refractivity contribution is 5.90. The Balaban J connectivity index is 1.25. The summed E-state index contributed by atoms with van der Waals surface area (Å²) in [5, 5.41) is 25.7. The van der Waals surface area contributed by atoms with Gasteiger partial charge in [-0.25, -0.2) is 5.48 Å². The summed E-state index contributed by atoms with van der Waals surface area (Å²) >= 11 is 0. The van der Waals surface area contributed by atoms with Crippen LogP contribution in [0.2, 0.25) is 0 Å². The van der Waals surface area contributed by atoms with E-state index in [1.54, 1.807) is 29.7 Å². The summed E-state index contributed by atoms with van der Waals surface area (Å²) in [5.74, 6) is -0.659. The van der Waals surface area contributed by atoms with Crippen LogP contribution < -0.4 is 35.1 Å². The molecule has 3 aromatic carbocycles. The molecule has 0 radical (unpaired) electrons. The maximum Gasteiger partial charge on any atom is 0.310 e. The Kier molecular flexibility index (Phi) is 9.25. The number of esters is 1. The fourth-order valence-electron chi connectivity index (χ4n) is 6.70. The normalized spacial score (nSPS) is 20.4. The molecule has 13 heteroatoms. The average Bonchev–Trinajstić information content (AvgIpc) is 3.70. The lowest BCUT2D eigenvalue weighted by Gasteiger charge is -2.40. The Morgan fingerprint density at radius 3 is 2.11 bits per heavy atom. The number of hydrogen-bond donors (Lipinski definition) is 5. The molecule has 0 unspecified atom stereocenters. The maximum atomic E-state index is 13.4. The van der Waals surface area contributed by atoms with Gasteiger partial charge in [0.05, 0.1) is 32.8 Å². The average molecular weight is 648 g/mol. The van der Waals surface area contributed by atoms with E-state index in [0.29, 0.717) is 42.9 Å². The van der Waals surface area contributed by atoms with Gasteiger partial charge in [-0.1, -0.05) is 6.42 Å². The number of unbranched alkanes of at least 4 members (excludes halogenated alkanes) is 2. The summed E-state index contributed by atoms with van der Waals surface area (Å²) in [5.41, 5.74) is 5.51. The van der Waals surface area contributed by atoms with Gasteiger partial charge in [0.1, 0.15) is 0 Å². The van der Waals surface area contributed by atoms with E-state index in [4.69, 9.17) is 28.9 Å². The highest BCUT2D eigenvalue weighted by Gasteiger charge is 2.52. The number of hydroxylamine groups is 1. The lowest BCUT2D eigenvalue weighted by molar-refractivity contribution is -0.141. The van der Waals surface area contributed by atoms with Crippen LogP contribution >= 0.6 is 0 Å².